The third-order valence-corrected chi connectivity index (χ3v) is 2.42. The molecule has 0 saturated carbocycles. The van der Waals surface area contributed by atoms with E-state index in [0.29, 0.717) is 5.82 Å². The van der Waals surface area contributed by atoms with Gasteiger partial charge in [0.25, 0.3) is 0 Å². The smallest absolute Gasteiger partial charge is 0.215 e. The Kier molecular flexibility index (Phi) is 2.14. The van der Waals surface area contributed by atoms with Crippen LogP contribution in [0.5, 0.6) is 0 Å². The van der Waals surface area contributed by atoms with Gasteiger partial charge in [0.05, 0.1) is 6.04 Å². The lowest BCUT2D eigenvalue weighted by molar-refractivity contribution is 0.0939. The maximum Gasteiger partial charge on any atom is 0.215 e. The first-order valence-electron chi connectivity index (χ1n) is 4.54. The zero-order valence-electron chi connectivity index (χ0n) is 7.66. The fraction of sp³-hybridized carbons (Fsp3) is 0.556. The number of nitrogens with one attached hydrogen (secondary N) is 1. The first kappa shape index (κ1) is 8.44. The molecular weight excluding hydrogens is 166 g/mol. The van der Waals surface area contributed by atoms with E-state index >= 15 is 0 Å². The van der Waals surface area contributed by atoms with Gasteiger partial charge in [-0.25, -0.2) is 4.98 Å². The zero-order valence-corrected chi connectivity index (χ0v) is 7.66. The van der Waals surface area contributed by atoms with E-state index in [2.05, 4.69) is 10.3 Å². The van der Waals surface area contributed by atoms with E-state index in [1.165, 1.54) is 0 Å². The van der Waals surface area contributed by atoms with E-state index in [0.717, 1.165) is 19.4 Å². The molecule has 0 bridgehead atoms. The number of aromatic nitrogens is 2. The number of nitrogens with zero attached hydrogens (tertiary/aromatic N) is 2. The topological polar surface area (TPSA) is 46.9 Å². The maximum absolute atomic E-state index is 11.8. The van der Waals surface area contributed by atoms with Gasteiger partial charge >= 0.3 is 0 Å². The predicted molar refractivity (Wildman–Crippen MR) is 48.6 cm³/mol. The van der Waals surface area contributed by atoms with E-state index in [1.54, 1.807) is 17.0 Å². The molecule has 1 aliphatic heterocycles. The quantitative estimate of drug-likeness (QED) is 0.666. The van der Waals surface area contributed by atoms with Gasteiger partial charge in [-0.15, -0.1) is 0 Å². The summed E-state index contributed by atoms with van der Waals surface area (Å²) < 4.78 is 1.77. The van der Waals surface area contributed by atoms with Crippen LogP contribution in [-0.4, -0.2) is 27.9 Å². The average Bonchev–Trinajstić information content (AvgIpc) is 2.72. The van der Waals surface area contributed by atoms with Crippen molar-refractivity contribution in [3.05, 3.63) is 18.2 Å². The molecule has 1 aromatic rings. The summed E-state index contributed by atoms with van der Waals surface area (Å²) in [7, 11) is 1.84. The molecule has 1 N–H and O–H groups in total. The van der Waals surface area contributed by atoms with E-state index in [9.17, 15) is 4.79 Å². The Morgan fingerprint density at radius 2 is 2.62 bits per heavy atom. The molecule has 0 aliphatic carbocycles. The molecule has 4 nitrogen and oxygen atoms in total. The second-order valence-electron chi connectivity index (χ2n) is 3.37. The van der Waals surface area contributed by atoms with Gasteiger partial charge in [-0.05, 0) is 19.4 Å². The summed E-state index contributed by atoms with van der Waals surface area (Å²) in [4.78, 5) is 15.8. The second-order valence-corrected chi connectivity index (χ2v) is 3.37. The number of rotatable bonds is 2. The van der Waals surface area contributed by atoms with Crippen molar-refractivity contribution in [3.8, 4) is 0 Å². The molecule has 1 aromatic heterocycles. The first-order chi connectivity index (χ1) is 6.29. The minimum atomic E-state index is -0.0129. The van der Waals surface area contributed by atoms with Gasteiger partial charge in [-0.2, -0.15) is 0 Å². The zero-order chi connectivity index (χ0) is 9.26. The summed E-state index contributed by atoms with van der Waals surface area (Å²) in [5.74, 6) is 0.671. The van der Waals surface area contributed by atoms with Crippen LogP contribution in [0.15, 0.2) is 12.4 Å². The molecule has 0 amide bonds. The lowest BCUT2D eigenvalue weighted by Crippen LogP contribution is -2.32. The number of carbonyl (C=O) groups excluding carboxylic acids is 1. The van der Waals surface area contributed by atoms with Gasteiger partial charge in [0.15, 0.2) is 5.82 Å². The average molecular weight is 179 g/mol. The van der Waals surface area contributed by atoms with Gasteiger partial charge in [0.2, 0.25) is 5.78 Å². The molecule has 0 unspecified atom stereocenters. The van der Waals surface area contributed by atoms with Crippen LogP contribution in [0.2, 0.25) is 0 Å². The molecule has 2 heterocycles. The molecule has 0 aromatic carbocycles. The van der Waals surface area contributed by atoms with Gasteiger partial charge in [-0.3, -0.25) is 4.79 Å². The van der Waals surface area contributed by atoms with Crippen LogP contribution in [0.3, 0.4) is 0 Å². The van der Waals surface area contributed by atoms with Gasteiger partial charge in [0, 0.05) is 19.4 Å². The second kappa shape index (κ2) is 3.30. The lowest BCUT2D eigenvalue weighted by Gasteiger charge is -2.07. The summed E-state index contributed by atoms with van der Waals surface area (Å²) in [6.07, 6.45) is 5.47. The molecule has 1 fully saturated rings. The van der Waals surface area contributed by atoms with Crippen molar-refractivity contribution < 1.29 is 4.79 Å². The molecule has 70 valence electrons. The maximum atomic E-state index is 11.8. The minimum Gasteiger partial charge on any atom is -0.332 e. The summed E-state index contributed by atoms with van der Waals surface area (Å²) >= 11 is 0. The summed E-state index contributed by atoms with van der Waals surface area (Å²) in [5, 5.41) is 3.17. The number of Topliss-reactive ketones (excluding diaryl/α,β-unsaturated/α-hetero) is 1. The van der Waals surface area contributed by atoms with Crippen molar-refractivity contribution in [2.75, 3.05) is 6.54 Å². The first-order valence-corrected chi connectivity index (χ1v) is 4.54. The highest BCUT2D eigenvalue weighted by Crippen LogP contribution is 2.10. The fourth-order valence-electron chi connectivity index (χ4n) is 1.67. The highest BCUT2D eigenvalue weighted by atomic mass is 16.1. The number of hydrogen-bond acceptors (Lipinski definition) is 3. The molecular formula is C9H13N3O. The molecule has 13 heavy (non-hydrogen) atoms. The van der Waals surface area contributed by atoms with Crippen LogP contribution >= 0.6 is 0 Å². The minimum absolute atomic E-state index is 0.0129. The number of hydrogen-bond donors (Lipinski definition) is 1. The van der Waals surface area contributed by atoms with Crippen LogP contribution in [0.25, 0.3) is 0 Å². The van der Waals surface area contributed by atoms with E-state index in [4.69, 9.17) is 0 Å². The number of imidazole rings is 1. The van der Waals surface area contributed by atoms with Crippen molar-refractivity contribution in [1.82, 2.24) is 14.9 Å². The van der Waals surface area contributed by atoms with E-state index in [-0.39, 0.29) is 11.8 Å². The van der Waals surface area contributed by atoms with Crippen LogP contribution < -0.4 is 5.32 Å². The third kappa shape index (κ3) is 1.49. The van der Waals surface area contributed by atoms with E-state index in [1.807, 2.05) is 7.05 Å². The standard InChI is InChI=1S/C9H13N3O/c1-12-6-5-11-9(12)8(13)7-3-2-4-10-7/h5-7,10H,2-4H2,1H3/t7-/m0/s1. The Hall–Kier alpha value is -1.16. The summed E-state index contributed by atoms with van der Waals surface area (Å²) in [5.41, 5.74) is 0. The Labute approximate surface area is 77.0 Å². The molecule has 0 spiro atoms. The SMILES string of the molecule is Cn1ccnc1C(=O)[C@@H]1CCCN1. The van der Waals surface area contributed by atoms with Gasteiger partial charge in [0.1, 0.15) is 0 Å². The van der Waals surface area contributed by atoms with Crippen LogP contribution in [0.4, 0.5) is 0 Å². The van der Waals surface area contributed by atoms with Crippen molar-refractivity contribution in [2.24, 2.45) is 7.05 Å². The van der Waals surface area contributed by atoms with Crippen LogP contribution in [-0.2, 0) is 7.05 Å². The molecule has 1 saturated heterocycles. The highest BCUT2D eigenvalue weighted by Gasteiger charge is 2.25. The van der Waals surface area contributed by atoms with Crippen LogP contribution in [0, 0.1) is 0 Å². The van der Waals surface area contributed by atoms with Crippen molar-refractivity contribution in [1.29, 1.82) is 0 Å². The van der Waals surface area contributed by atoms with Gasteiger partial charge in [-0.1, -0.05) is 0 Å². The Balaban J connectivity index is 2.17. The summed E-state index contributed by atoms with van der Waals surface area (Å²) in [6, 6.07) is -0.0129. The third-order valence-electron chi connectivity index (χ3n) is 2.42. The predicted octanol–water partition coefficient (Wildman–Crippen LogP) is 0.355. The van der Waals surface area contributed by atoms with Crippen molar-refractivity contribution >= 4 is 5.78 Å². The molecule has 1 aliphatic rings. The Bertz CT molecular complexity index is 312. The highest BCUT2D eigenvalue weighted by molar-refractivity contribution is 5.97. The van der Waals surface area contributed by atoms with Crippen LogP contribution in [0.1, 0.15) is 23.5 Å². The number of ketones is 1. The number of carbonyl (C=O) groups is 1. The molecule has 1 atom stereocenters. The fourth-order valence-corrected chi connectivity index (χ4v) is 1.67. The lowest BCUT2D eigenvalue weighted by atomic mass is 10.1. The Morgan fingerprint density at radius 3 is 3.15 bits per heavy atom. The van der Waals surface area contributed by atoms with Crippen molar-refractivity contribution in [2.45, 2.75) is 18.9 Å². The van der Waals surface area contributed by atoms with Crippen molar-refractivity contribution in [3.63, 3.8) is 0 Å². The van der Waals surface area contributed by atoms with Gasteiger partial charge < -0.3 is 9.88 Å². The molecule has 0 radical (unpaired) electrons. The molecule has 4 heteroatoms. The Morgan fingerprint density at radius 1 is 1.77 bits per heavy atom. The largest absolute Gasteiger partial charge is 0.332 e. The summed E-state index contributed by atoms with van der Waals surface area (Å²) in [6.45, 7) is 0.945. The monoisotopic (exact) mass is 179 g/mol. The molecule has 2 rings (SSSR count). The number of aryl methyl sites for hydroxylation is 1. The van der Waals surface area contributed by atoms with E-state index < -0.39 is 0 Å². The normalized spacial score (nSPS) is 22.1.